The van der Waals surface area contributed by atoms with E-state index < -0.39 is 0 Å². The second kappa shape index (κ2) is 9.47. The van der Waals surface area contributed by atoms with Crippen molar-refractivity contribution < 1.29 is 14.3 Å². The first-order valence-corrected chi connectivity index (χ1v) is 6.74. The Morgan fingerprint density at radius 3 is 2.43 bits per heavy atom. The topological polar surface area (TPSA) is 73.6 Å². The molecule has 1 atom stereocenters. The number of hydrogen-bond donors (Lipinski definition) is 2. The summed E-state index contributed by atoms with van der Waals surface area (Å²) in [6, 6.07) is 5.08. The van der Waals surface area contributed by atoms with Gasteiger partial charge in [-0.2, -0.15) is 0 Å². The molecule has 0 aliphatic rings. The van der Waals surface area contributed by atoms with Gasteiger partial charge in [0.1, 0.15) is 11.5 Å². The highest BCUT2D eigenvalue weighted by Crippen LogP contribution is 2.24. The van der Waals surface area contributed by atoms with Crippen molar-refractivity contribution in [2.45, 2.75) is 26.3 Å². The fraction of sp³-hybridized carbons (Fsp3) is 0.533. The summed E-state index contributed by atoms with van der Waals surface area (Å²) >= 11 is 0. The van der Waals surface area contributed by atoms with E-state index in [1.807, 2.05) is 0 Å². The summed E-state index contributed by atoms with van der Waals surface area (Å²) in [7, 11) is 3.10. The summed E-state index contributed by atoms with van der Waals surface area (Å²) < 4.78 is 10.3. The molecule has 0 radical (unpaired) electrons. The van der Waals surface area contributed by atoms with Crippen LogP contribution in [0, 0.1) is 5.92 Å². The predicted molar refractivity (Wildman–Crippen MR) is 86.6 cm³/mol. The van der Waals surface area contributed by atoms with Gasteiger partial charge in [-0.25, -0.2) is 0 Å². The zero-order valence-corrected chi connectivity index (χ0v) is 13.8. The van der Waals surface area contributed by atoms with E-state index in [0.29, 0.717) is 29.5 Å². The molecular formula is C15H25ClN2O3. The van der Waals surface area contributed by atoms with E-state index >= 15 is 0 Å². The van der Waals surface area contributed by atoms with Crippen molar-refractivity contribution in [3.63, 3.8) is 0 Å². The molecule has 21 heavy (non-hydrogen) atoms. The minimum atomic E-state index is -0.180. The molecular weight excluding hydrogens is 292 g/mol. The van der Waals surface area contributed by atoms with E-state index in [-0.39, 0.29) is 24.4 Å². The van der Waals surface area contributed by atoms with Crippen molar-refractivity contribution in [1.82, 2.24) is 5.32 Å². The van der Waals surface area contributed by atoms with E-state index in [0.717, 1.165) is 6.42 Å². The van der Waals surface area contributed by atoms with E-state index in [4.69, 9.17) is 15.2 Å². The van der Waals surface area contributed by atoms with Gasteiger partial charge in [-0.1, -0.05) is 13.8 Å². The summed E-state index contributed by atoms with van der Waals surface area (Å²) in [5, 5.41) is 2.94. The zero-order valence-electron chi connectivity index (χ0n) is 13.0. The Morgan fingerprint density at radius 1 is 1.29 bits per heavy atom. The van der Waals surface area contributed by atoms with Crippen molar-refractivity contribution >= 4 is 18.3 Å². The van der Waals surface area contributed by atoms with Gasteiger partial charge in [-0.15, -0.1) is 12.4 Å². The Morgan fingerprint density at radius 2 is 1.95 bits per heavy atom. The summed E-state index contributed by atoms with van der Waals surface area (Å²) in [6.45, 7) is 4.62. The van der Waals surface area contributed by atoms with Crippen molar-refractivity contribution in [2.24, 2.45) is 11.7 Å². The number of nitrogens with one attached hydrogen (secondary N) is 1. The van der Waals surface area contributed by atoms with Crippen LogP contribution >= 0.6 is 12.4 Å². The van der Waals surface area contributed by atoms with Crippen molar-refractivity contribution in [3.8, 4) is 11.5 Å². The fourth-order valence-electron chi connectivity index (χ4n) is 2.03. The van der Waals surface area contributed by atoms with Crippen LogP contribution in [0.2, 0.25) is 0 Å². The van der Waals surface area contributed by atoms with Crippen LogP contribution in [0.4, 0.5) is 0 Å². The first-order valence-electron chi connectivity index (χ1n) is 6.74. The standard InChI is InChI=1S/C15H24N2O3.ClH/c1-10(2)7-11(9-16)17-15(18)13-6-5-12(19-3)8-14(13)20-4;/h5-6,8,10-11H,7,9,16H2,1-4H3,(H,17,18);1H. The normalized spacial score (nSPS) is 11.5. The largest absolute Gasteiger partial charge is 0.497 e. The van der Waals surface area contributed by atoms with Crippen LogP contribution in [-0.4, -0.2) is 32.7 Å². The van der Waals surface area contributed by atoms with Crippen LogP contribution in [-0.2, 0) is 0 Å². The van der Waals surface area contributed by atoms with Gasteiger partial charge in [0.25, 0.3) is 5.91 Å². The molecule has 0 bridgehead atoms. The SMILES string of the molecule is COc1ccc(C(=O)NC(CN)CC(C)C)c(OC)c1.Cl. The Hall–Kier alpha value is -1.46. The number of carbonyl (C=O) groups is 1. The Labute approximate surface area is 132 Å². The van der Waals surface area contributed by atoms with E-state index in [2.05, 4.69) is 19.2 Å². The molecule has 0 aromatic heterocycles. The molecule has 1 rings (SSSR count). The van der Waals surface area contributed by atoms with E-state index in [9.17, 15) is 4.79 Å². The van der Waals surface area contributed by atoms with E-state index in [1.54, 1.807) is 25.3 Å². The van der Waals surface area contributed by atoms with Gasteiger partial charge in [0, 0.05) is 18.7 Å². The van der Waals surface area contributed by atoms with Gasteiger partial charge in [0.2, 0.25) is 0 Å². The van der Waals surface area contributed by atoms with Crippen molar-refractivity contribution in [1.29, 1.82) is 0 Å². The second-order valence-corrected chi connectivity index (χ2v) is 5.10. The number of ether oxygens (including phenoxy) is 2. The van der Waals surface area contributed by atoms with Crippen LogP contribution in [0.5, 0.6) is 11.5 Å². The maximum atomic E-state index is 12.3. The minimum absolute atomic E-state index is 0. The molecule has 0 spiro atoms. The molecule has 120 valence electrons. The highest BCUT2D eigenvalue weighted by molar-refractivity contribution is 5.97. The monoisotopic (exact) mass is 316 g/mol. The highest BCUT2D eigenvalue weighted by atomic mass is 35.5. The summed E-state index contributed by atoms with van der Waals surface area (Å²) in [6.07, 6.45) is 0.848. The maximum Gasteiger partial charge on any atom is 0.255 e. The molecule has 1 aromatic rings. The van der Waals surface area contributed by atoms with Gasteiger partial charge in [0.15, 0.2) is 0 Å². The first kappa shape index (κ1) is 19.5. The zero-order chi connectivity index (χ0) is 15.1. The lowest BCUT2D eigenvalue weighted by atomic mass is 10.0. The third-order valence-corrected chi connectivity index (χ3v) is 3.03. The first-order chi connectivity index (χ1) is 9.51. The van der Waals surface area contributed by atoms with Crippen molar-refractivity contribution in [3.05, 3.63) is 23.8 Å². The van der Waals surface area contributed by atoms with Gasteiger partial charge in [-0.3, -0.25) is 4.79 Å². The molecule has 0 fully saturated rings. The average molecular weight is 317 g/mol. The molecule has 1 amide bonds. The summed E-state index contributed by atoms with van der Waals surface area (Å²) in [4.78, 5) is 12.3. The van der Waals surface area contributed by atoms with Gasteiger partial charge in [-0.05, 0) is 24.5 Å². The molecule has 1 unspecified atom stereocenters. The van der Waals surface area contributed by atoms with Crippen LogP contribution in [0.15, 0.2) is 18.2 Å². The Bertz CT molecular complexity index is 453. The molecule has 1 aromatic carbocycles. The molecule has 0 saturated carbocycles. The van der Waals surface area contributed by atoms with E-state index in [1.165, 1.54) is 7.11 Å². The number of rotatable bonds is 7. The average Bonchev–Trinajstić information content (AvgIpc) is 2.45. The number of hydrogen-bond acceptors (Lipinski definition) is 4. The minimum Gasteiger partial charge on any atom is -0.497 e. The summed E-state index contributed by atoms with van der Waals surface area (Å²) in [5.41, 5.74) is 6.18. The lowest BCUT2D eigenvalue weighted by Crippen LogP contribution is -2.41. The van der Waals surface area contributed by atoms with Gasteiger partial charge >= 0.3 is 0 Å². The number of nitrogens with two attached hydrogens (primary N) is 1. The number of methoxy groups -OCH3 is 2. The van der Waals surface area contributed by atoms with Crippen molar-refractivity contribution in [2.75, 3.05) is 20.8 Å². The van der Waals surface area contributed by atoms with Crippen LogP contribution in [0.3, 0.4) is 0 Å². The smallest absolute Gasteiger partial charge is 0.255 e. The predicted octanol–water partition coefficient (Wildman–Crippen LogP) is 2.23. The number of carbonyl (C=O) groups excluding carboxylic acids is 1. The number of amides is 1. The lowest BCUT2D eigenvalue weighted by Gasteiger charge is -2.19. The molecule has 5 nitrogen and oxygen atoms in total. The lowest BCUT2D eigenvalue weighted by molar-refractivity contribution is 0.0930. The second-order valence-electron chi connectivity index (χ2n) is 5.10. The summed E-state index contributed by atoms with van der Waals surface area (Å²) in [5.74, 6) is 1.43. The molecule has 6 heteroatoms. The maximum absolute atomic E-state index is 12.3. The quantitative estimate of drug-likeness (QED) is 0.809. The van der Waals surface area contributed by atoms with Crippen LogP contribution < -0.4 is 20.5 Å². The Kier molecular flexibility index (Phi) is 8.81. The Balaban J connectivity index is 0.00000400. The number of benzene rings is 1. The highest BCUT2D eigenvalue weighted by Gasteiger charge is 2.17. The van der Waals surface area contributed by atoms with Crippen LogP contribution in [0.1, 0.15) is 30.6 Å². The van der Waals surface area contributed by atoms with Gasteiger partial charge < -0.3 is 20.5 Å². The molecule has 3 N–H and O–H groups in total. The van der Waals surface area contributed by atoms with Gasteiger partial charge in [0.05, 0.1) is 19.8 Å². The fourth-order valence-corrected chi connectivity index (χ4v) is 2.03. The third-order valence-electron chi connectivity index (χ3n) is 3.03. The molecule has 0 heterocycles. The molecule has 0 aliphatic carbocycles. The number of halogens is 1. The molecule has 0 aliphatic heterocycles. The third kappa shape index (κ3) is 5.81. The molecule has 0 saturated heterocycles. The van der Waals surface area contributed by atoms with Crippen LogP contribution in [0.25, 0.3) is 0 Å².